The summed E-state index contributed by atoms with van der Waals surface area (Å²) in [4.78, 5) is 29.1. The Labute approximate surface area is 150 Å². The van der Waals surface area contributed by atoms with Crippen LogP contribution in [0.5, 0.6) is 0 Å². The smallest absolute Gasteiger partial charge is 0.332 e. The van der Waals surface area contributed by atoms with E-state index < -0.39 is 5.97 Å². The van der Waals surface area contributed by atoms with Crippen molar-refractivity contribution in [2.24, 2.45) is 5.16 Å². The molecule has 0 unspecified atom stereocenters. The van der Waals surface area contributed by atoms with Gasteiger partial charge >= 0.3 is 5.97 Å². The fraction of sp³-hybridized carbons (Fsp3) is 0.0952. The summed E-state index contributed by atoms with van der Waals surface area (Å²) in [5, 5.41) is 14.8. The van der Waals surface area contributed by atoms with E-state index in [9.17, 15) is 14.7 Å². The van der Waals surface area contributed by atoms with Crippen LogP contribution in [0.15, 0.2) is 71.9 Å². The van der Waals surface area contributed by atoms with Gasteiger partial charge in [-0.05, 0) is 22.4 Å². The highest BCUT2D eigenvalue weighted by molar-refractivity contribution is 6.52. The number of ketones is 1. The van der Waals surface area contributed by atoms with Gasteiger partial charge in [-0.1, -0.05) is 65.8 Å². The van der Waals surface area contributed by atoms with Gasteiger partial charge in [-0.3, -0.25) is 4.79 Å². The van der Waals surface area contributed by atoms with Gasteiger partial charge in [0, 0.05) is 18.1 Å². The predicted molar refractivity (Wildman–Crippen MR) is 98.9 cm³/mol. The van der Waals surface area contributed by atoms with Gasteiger partial charge < -0.3 is 9.94 Å². The molecule has 26 heavy (non-hydrogen) atoms. The van der Waals surface area contributed by atoms with Crippen molar-refractivity contribution in [2.75, 3.05) is 0 Å². The zero-order chi connectivity index (χ0) is 18.5. The highest BCUT2D eigenvalue weighted by Gasteiger charge is 2.20. The van der Waals surface area contributed by atoms with Crippen LogP contribution in [0.1, 0.15) is 28.4 Å². The lowest BCUT2D eigenvalue weighted by Gasteiger charge is -2.11. The topological polar surface area (TPSA) is 76.0 Å². The molecular formula is C21H17NO4. The molecule has 0 aromatic heterocycles. The van der Waals surface area contributed by atoms with Gasteiger partial charge in [0.15, 0.2) is 5.71 Å². The Morgan fingerprint density at radius 1 is 0.923 bits per heavy atom. The summed E-state index contributed by atoms with van der Waals surface area (Å²) in [5.41, 5.74) is 1.75. The first kappa shape index (κ1) is 17.5. The van der Waals surface area contributed by atoms with Gasteiger partial charge in [-0.25, -0.2) is 4.79 Å². The second-order valence-corrected chi connectivity index (χ2v) is 5.69. The molecule has 0 saturated carbocycles. The molecule has 0 atom stereocenters. The minimum Gasteiger partial charge on any atom is -0.392 e. The number of nitrogens with zero attached hydrogens (tertiary/aromatic N) is 1. The number of hydrogen-bond acceptors (Lipinski definition) is 5. The second-order valence-electron chi connectivity index (χ2n) is 5.69. The van der Waals surface area contributed by atoms with Crippen molar-refractivity contribution >= 4 is 28.2 Å². The average Bonchev–Trinajstić information content (AvgIpc) is 2.67. The van der Waals surface area contributed by atoms with Crippen LogP contribution in [0.2, 0.25) is 0 Å². The number of fused-ring (bicyclic) bond motifs is 1. The molecule has 5 nitrogen and oxygen atoms in total. The molecular weight excluding hydrogens is 330 g/mol. The Hall–Kier alpha value is -3.31. The lowest BCUT2D eigenvalue weighted by Crippen LogP contribution is -2.17. The summed E-state index contributed by atoms with van der Waals surface area (Å²) in [7, 11) is 0. The number of Topliss-reactive ketones (excluding diaryl/α,β-unsaturated/α-hetero) is 1. The lowest BCUT2D eigenvalue weighted by molar-refractivity contribution is -0.140. The molecule has 0 aliphatic carbocycles. The van der Waals surface area contributed by atoms with E-state index in [1.54, 1.807) is 36.4 Å². The molecule has 0 amide bonds. The maximum Gasteiger partial charge on any atom is 0.332 e. The van der Waals surface area contributed by atoms with E-state index in [0.717, 1.165) is 10.9 Å². The molecule has 0 bridgehead atoms. The minimum atomic E-state index is -0.605. The molecule has 0 spiro atoms. The molecule has 0 aliphatic heterocycles. The van der Waals surface area contributed by atoms with Crippen molar-refractivity contribution in [3.8, 4) is 0 Å². The van der Waals surface area contributed by atoms with Gasteiger partial charge in [-0.15, -0.1) is 0 Å². The van der Waals surface area contributed by atoms with Crippen molar-refractivity contribution in [1.29, 1.82) is 0 Å². The van der Waals surface area contributed by atoms with Crippen LogP contribution in [0.25, 0.3) is 10.8 Å². The van der Waals surface area contributed by atoms with Crippen LogP contribution in [0.4, 0.5) is 0 Å². The normalized spacial score (nSPS) is 11.4. The fourth-order valence-corrected chi connectivity index (χ4v) is 2.76. The third-order valence-corrected chi connectivity index (χ3v) is 3.96. The summed E-state index contributed by atoms with van der Waals surface area (Å²) >= 11 is 0. The largest absolute Gasteiger partial charge is 0.392 e. The summed E-state index contributed by atoms with van der Waals surface area (Å²) < 4.78 is 0. The van der Waals surface area contributed by atoms with E-state index in [0.29, 0.717) is 16.5 Å². The summed E-state index contributed by atoms with van der Waals surface area (Å²) in [6, 6.07) is 19.5. The van der Waals surface area contributed by atoms with Crippen LogP contribution < -0.4 is 0 Å². The summed E-state index contributed by atoms with van der Waals surface area (Å²) in [6.45, 7) is 1.10. The molecule has 130 valence electrons. The first-order chi connectivity index (χ1) is 12.6. The van der Waals surface area contributed by atoms with Gasteiger partial charge in [0.25, 0.3) is 0 Å². The summed E-state index contributed by atoms with van der Waals surface area (Å²) in [5.74, 6) is -0.968. The van der Waals surface area contributed by atoms with Crippen LogP contribution >= 0.6 is 0 Å². The maximum absolute atomic E-state index is 13.2. The minimum absolute atomic E-state index is 0.0442. The SMILES string of the molecule is CC(=O)O/N=C(\C(=O)c1ccc(CO)c2ccccc12)c1ccccc1. The lowest BCUT2D eigenvalue weighted by atomic mass is 9.94. The van der Waals surface area contributed by atoms with E-state index in [-0.39, 0.29) is 18.1 Å². The zero-order valence-electron chi connectivity index (χ0n) is 14.2. The van der Waals surface area contributed by atoms with Gasteiger partial charge in [-0.2, -0.15) is 0 Å². The Kier molecular flexibility index (Phi) is 5.20. The molecule has 1 N–H and O–H groups in total. The van der Waals surface area contributed by atoms with Crippen molar-refractivity contribution in [2.45, 2.75) is 13.5 Å². The Bertz CT molecular complexity index is 993. The highest BCUT2D eigenvalue weighted by Crippen LogP contribution is 2.24. The zero-order valence-corrected chi connectivity index (χ0v) is 14.2. The number of aliphatic hydroxyl groups is 1. The number of carbonyl (C=O) groups is 2. The Morgan fingerprint density at radius 2 is 1.58 bits per heavy atom. The Morgan fingerprint density at radius 3 is 2.23 bits per heavy atom. The predicted octanol–water partition coefficient (Wildman–Crippen LogP) is 3.48. The molecule has 0 fully saturated rings. The average molecular weight is 347 g/mol. The summed E-state index contributed by atoms with van der Waals surface area (Å²) in [6.07, 6.45) is 0. The molecule has 0 saturated heterocycles. The first-order valence-electron chi connectivity index (χ1n) is 8.09. The molecule has 3 aromatic rings. The number of oxime groups is 1. The fourth-order valence-electron chi connectivity index (χ4n) is 2.76. The number of hydrogen-bond donors (Lipinski definition) is 1. The number of carbonyl (C=O) groups excluding carboxylic acids is 2. The van der Waals surface area contributed by atoms with E-state index in [1.165, 1.54) is 6.92 Å². The van der Waals surface area contributed by atoms with Crippen molar-refractivity contribution < 1.29 is 19.5 Å². The van der Waals surface area contributed by atoms with E-state index >= 15 is 0 Å². The number of benzene rings is 3. The molecule has 0 aliphatic rings. The molecule has 3 aromatic carbocycles. The van der Waals surface area contributed by atoms with Crippen LogP contribution in [0, 0.1) is 0 Å². The third kappa shape index (κ3) is 3.53. The molecule has 3 rings (SSSR count). The first-order valence-corrected chi connectivity index (χ1v) is 8.09. The van der Waals surface area contributed by atoms with Gasteiger partial charge in [0.1, 0.15) is 0 Å². The standard InChI is InChI=1S/C21H17NO4/c1-14(24)26-22-20(15-7-3-2-4-8-15)21(25)19-12-11-16(13-23)17-9-5-6-10-18(17)19/h2-12,23H,13H2,1H3/b22-20-. The van der Waals surface area contributed by atoms with Crippen LogP contribution in [-0.4, -0.2) is 22.6 Å². The van der Waals surface area contributed by atoms with Crippen LogP contribution in [-0.2, 0) is 16.2 Å². The number of rotatable bonds is 5. The maximum atomic E-state index is 13.2. The monoisotopic (exact) mass is 347 g/mol. The third-order valence-electron chi connectivity index (χ3n) is 3.96. The van der Waals surface area contributed by atoms with Crippen molar-refractivity contribution in [3.63, 3.8) is 0 Å². The molecule has 0 heterocycles. The van der Waals surface area contributed by atoms with Crippen LogP contribution in [0.3, 0.4) is 0 Å². The van der Waals surface area contributed by atoms with Crippen molar-refractivity contribution in [3.05, 3.63) is 83.4 Å². The Balaban J connectivity index is 2.15. The van der Waals surface area contributed by atoms with E-state index in [2.05, 4.69) is 5.16 Å². The van der Waals surface area contributed by atoms with Gasteiger partial charge in [0.2, 0.25) is 5.78 Å². The molecule has 0 radical (unpaired) electrons. The van der Waals surface area contributed by atoms with E-state index in [4.69, 9.17) is 4.84 Å². The van der Waals surface area contributed by atoms with Gasteiger partial charge in [0.05, 0.1) is 6.61 Å². The second kappa shape index (κ2) is 7.72. The quantitative estimate of drug-likeness (QED) is 0.332. The van der Waals surface area contributed by atoms with E-state index in [1.807, 2.05) is 30.3 Å². The number of aliphatic hydroxyl groups excluding tert-OH is 1. The van der Waals surface area contributed by atoms with Crippen molar-refractivity contribution in [1.82, 2.24) is 0 Å². The molecule has 5 heteroatoms. The highest BCUT2D eigenvalue weighted by atomic mass is 16.7.